The molecule has 1 aliphatic rings. The van der Waals surface area contributed by atoms with Gasteiger partial charge in [0.1, 0.15) is 5.52 Å². The number of carbonyl (C=O) groups excluding carboxylic acids is 1. The minimum absolute atomic E-state index is 0.231. The first kappa shape index (κ1) is 22.2. The zero-order chi connectivity index (χ0) is 23.5. The van der Waals surface area contributed by atoms with Crippen molar-refractivity contribution in [3.63, 3.8) is 0 Å². The molecular formula is C26H25N3O4S. The number of hydrogen-bond acceptors (Lipinski definition) is 6. The number of nitrogens with zero attached hydrogens (tertiary/aromatic N) is 2. The zero-order valence-corrected chi connectivity index (χ0v) is 19.4. The Hall–Kier alpha value is -3.65. The van der Waals surface area contributed by atoms with Crippen LogP contribution in [0.2, 0.25) is 0 Å². The number of rotatable bonds is 6. The minimum atomic E-state index is -3.64. The van der Waals surface area contributed by atoms with Crippen LogP contribution in [0, 0.1) is 0 Å². The first-order valence-corrected chi connectivity index (χ1v) is 12.8. The molecule has 0 spiro atoms. The molecule has 1 saturated heterocycles. The molecule has 1 fully saturated rings. The molecule has 1 aromatic heterocycles. The van der Waals surface area contributed by atoms with Gasteiger partial charge >= 0.3 is 0 Å². The summed E-state index contributed by atoms with van der Waals surface area (Å²) in [6.07, 6.45) is 4.82. The van der Waals surface area contributed by atoms with E-state index in [1.165, 1.54) is 12.8 Å². The number of oxazole rings is 1. The second-order valence-electron chi connectivity index (χ2n) is 8.41. The molecule has 174 valence electrons. The fourth-order valence-corrected chi connectivity index (χ4v) is 5.50. The Bertz CT molecular complexity index is 1420. The van der Waals surface area contributed by atoms with Crippen LogP contribution in [0.3, 0.4) is 0 Å². The predicted molar refractivity (Wildman–Crippen MR) is 130 cm³/mol. The first-order valence-electron chi connectivity index (χ1n) is 11.3. The molecule has 0 aliphatic carbocycles. The van der Waals surface area contributed by atoms with Crippen LogP contribution in [0.25, 0.3) is 11.1 Å². The second-order valence-corrected chi connectivity index (χ2v) is 10.4. The third kappa shape index (κ3) is 4.54. The van der Waals surface area contributed by atoms with Crippen LogP contribution in [0.4, 0.5) is 5.69 Å². The van der Waals surface area contributed by atoms with Crippen LogP contribution in [-0.2, 0) is 16.4 Å². The topological polar surface area (TPSA) is 92.5 Å². The number of aromatic nitrogens is 1. The van der Waals surface area contributed by atoms with Crippen molar-refractivity contribution in [1.82, 2.24) is 10.3 Å². The van der Waals surface area contributed by atoms with Gasteiger partial charge in [-0.15, -0.1) is 0 Å². The Morgan fingerprint density at radius 3 is 2.53 bits per heavy atom. The van der Waals surface area contributed by atoms with E-state index in [1.807, 2.05) is 6.07 Å². The summed E-state index contributed by atoms with van der Waals surface area (Å²) < 4.78 is 31.7. The average molecular weight is 476 g/mol. The highest BCUT2D eigenvalue weighted by Crippen LogP contribution is 2.27. The molecule has 5 rings (SSSR count). The van der Waals surface area contributed by atoms with Crippen molar-refractivity contribution in [1.29, 1.82) is 0 Å². The van der Waals surface area contributed by atoms with Crippen molar-refractivity contribution in [3.8, 4) is 0 Å². The van der Waals surface area contributed by atoms with Gasteiger partial charge in [0.15, 0.2) is 12.0 Å². The lowest BCUT2D eigenvalue weighted by Crippen LogP contribution is -2.29. The van der Waals surface area contributed by atoms with Gasteiger partial charge in [-0.05, 0) is 73.4 Å². The number of nitrogens with one attached hydrogen (secondary N) is 1. The summed E-state index contributed by atoms with van der Waals surface area (Å²) in [4.78, 5) is 19.3. The largest absolute Gasteiger partial charge is 0.443 e. The van der Waals surface area contributed by atoms with Crippen molar-refractivity contribution in [3.05, 3.63) is 84.3 Å². The molecule has 0 bridgehead atoms. The zero-order valence-electron chi connectivity index (χ0n) is 18.6. The normalized spacial score (nSPS) is 14.3. The van der Waals surface area contributed by atoms with E-state index in [9.17, 15) is 13.2 Å². The number of fused-ring (bicyclic) bond motifs is 1. The highest BCUT2D eigenvalue weighted by molar-refractivity contribution is 7.91. The summed E-state index contributed by atoms with van der Waals surface area (Å²) in [5.74, 6) is -0.246. The highest BCUT2D eigenvalue weighted by Gasteiger charge is 2.20. The van der Waals surface area contributed by atoms with Crippen LogP contribution >= 0.6 is 0 Å². The maximum Gasteiger partial charge on any atom is 0.251 e. The van der Waals surface area contributed by atoms with Gasteiger partial charge in [-0.25, -0.2) is 13.4 Å². The summed E-state index contributed by atoms with van der Waals surface area (Å²) in [7, 11) is -3.64. The molecule has 7 nitrogen and oxygen atoms in total. The minimum Gasteiger partial charge on any atom is -0.443 e. The standard InChI is InChI=1S/C26H25N3O4S/c30-26(20-9-12-24-25(15-20)33-18-28-24)27-17-19-7-10-22(11-8-19)34(31,32)23-6-4-5-21(16-23)29-13-2-1-3-14-29/h4-12,15-16,18H,1-3,13-14,17H2,(H,27,30). The van der Waals surface area contributed by atoms with E-state index >= 15 is 0 Å². The number of piperidine rings is 1. The number of benzene rings is 3. The van der Waals surface area contributed by atoms with Crippen molar-refractivity contribution < 1.29 is 17.6 Å². The quantitative estimate of drug-likeness (QED) is 0.439. The van der Waals surface area contributed by atoms with E-state index in [1.54, 1.807) is 60.7 Å². The van der Waals surface area contributed by atoms with Crippen molar-refractivity contribution in [2.45, 2.75) is 35.6 Å². The first-order chi connectivity index (χ1) is 16.5. The summed E-state index contributed by atoms with van der Waals surface area (Å²) in [6, 6.07) is 18.9. The summed E-state index contributed by atoms with van der Waals surface area (Å²) in [6.45, 7) is 2.18. The molecule has 4 aromatic rings. The van der Waals surface area contributed by atoms with Crippen LogP contribution < -0.4 is 10.2 Å². The summed E-state index contributed by atoms with van der Waals surface area (Å²) in [5.41, 5.74) is 3.46. The van der Waals surface area contributed by atoms with Gasteiger partial charge in [-0.2, -0.15) is 0 Å². The SMILES string of the molecule is O=C(NCc1ccc(S(=O)(=O)c2cccc(N3CCCCC3)c2)cc1)c1ccc2ncoc2c1. The molecule has 8 heteroatoms. The Balaban J connectivity index is 1.27. The van der Waals surface area contributed by atoms with Crippen molar-refractivity contribution in [2.24, 2.45) is 0 Å². The molecule has 0 unspecified atom stereocenters. The fourth-order valence-electron chi connectivity index (χ4n) is 4.20. The lowest BCUT2D eigenvalue weighted by atomic mass is 10.1. The van der Waals surface area contributed by atoms with Crippen molar-refractivity contribution >= 4 is 32.5 Å². The van der Waals surface area contributed by atoms with E-state index in [0.717, 1.165) is 37.2 Å². The molecule has 1 aliphatic heterocycles. The molecule has 0 atom stereocenters. The monoisotopic (exact) mass is 475 g/mol. The average Bonchev–Trinajstić information content (AvgIpc) is 3.36. The third-order valence-corrected chi connectivity index (χ3v) is 7.90. The van der Waals surface area contributed by atoms with Crippen LogP contribution in [-0.4, -0.2) is 32.4 Å². The lowest BCUT2D eigenvalue weighted by Gasteiger charge is -2.29. The predicted octanol–water partition coefficient (Wildman–Crippen LogP) is 4.58. The Morgan fingerprint density at radius 1 is 0.941 bits per heavy atom. The van der Waals surface area contributed by atoms with E-state index in [2.05, 4.69) is 15.2 Å². The van der Waals surface area contributed by atoms with E-state index in [4.69, 9.17) is 4.42 Å². The number of anilines is 1. The summed E-state index contributed by atoms with van der Waals surface area (Å²) in [5, 5.41) is 2.85. The molecule has 0 radical (unpaired) electrons. The molecular weight excluding hydrogens is 450 g/mol. The number of carbonyl (C=O) groups is 1. The van der Waals surface area contributed by atoms with Crippen LogP contribution in [0.5, 0.6) is 0 Å². The van der Waals surface area contributed by atoms with Gasteiger partial charge in [0.2, 0.25) is 9.84 Å². The van der Waals surface area contributed by atoms with Gasteiger partial charge in [-0.1, -0.05) is 18.2 Å². The molecule has 3 aromatic carbocycles. The Labute approximate surface area is 198 Å². The molecule has 34 heavy (non-hydrogen) atoms. The van der Waals surface area contributed by atoms with Gasteiger partial charge in [0.05, 0.1) is 9.79 Å². The lowest BCUT2D eigenvalue weighted by molar-refractivity contribution is 0.0951. The van der Waals surface area contributed by atoms with Gasteiger partial charge in [0.25, 0.3) is 5.91 Å². The number of hydrogen-bond donors (Lipinski definition) is 1. The van der Waals surface area contributed by atoms with Crippen LogP contribution in [0.1, 0.15) is 35.2 Å². The van der Waals surface area contributed by atoms with Gasteiger partial charge < -0.3 is 14.6 Å². The fraction of sp³-hybridized carbons (Fsp3) is 0.231. The smallest absolute Gasteiger partial charge is 0.251 e. The molecule has 2 heterocycles. The Kier molecular flexibility index (Phi) is 6.06. The van der Waals surface area contributed by atoms with Gasteiger partial charge in [-0.3, -0.25) is 4.79 Å². The second kappa shape index (κ2) is 9.30. The van der Waals surface area contributed by atoms with Crippen LogP contribution in [0.15, 0.2) is 87.3 Å². The maximum absolute atomic E-state index is 13.2. The molecule has 0 saturated carbocycles. The number of sulfone groups is 1. The highest BCUT2D eigenvalue weighted by atomic mass is 32.2. The summed E-state index contributed by atoms with van der Waals surface area (Å²) >= 11 is 0. The van der Waals surface area contributed by atoms with E-state index < -0.39 is 9.84 Å². The van der Waals surface area contributed by atoms with Crippen molar-refractivity contribution in [2.75, 3.05) is 18.0 Å². The maximum atomic E-state index is 13.2. The Morgan fingerprint density at radius 2 is 1.74 bits per heavy atom. The third-order valence-electron chi connectivity index (χ3n) is 6.13. The van der Waals surface area contributed by atoms with Gasteiger partial charge in [0, 0.05) is 30.9 Å². The van der Waals surface area contributed by atoms with E-state index in [0.29, 0.717) is 21.6 Å². The van der Waals surface area contributed by atoms with E-state index in [-0.39, 0.29) is 17.3 Å². The molecule has 1 amide bonds. The molecule has 1 N–H and O–H groups in total. The number of amides is 1.